The molecule has 0 aliphatic rings. The Morgan fingerprint density at radius 2 is 2.44 bits per heavy atom. The first-order valence-corrected chi connectivity index (χ1v) is 3.20. The normalized spacial score (nSPS) is 13.6. The number of hydrogen-bond acceptors (Lipinski definition) is 2. The highest BCUT2D eigenvalue weighted by Gasteiger charge is 1.89. The smallest absolute Gasteiger partial charge is 0.0462 e. The summed E-state index contributed by atoms with van der Waals surface area (Å²) >= 11 is 0. The van der Waals surface area contributed by atoms with E-state index < -0.39 is 0 Å². The van der Waals surface area contributed by atoms with Crippen LogP contribution in [-0.2, 0) is 0 Å². The van der Waals surface area contributed by atoms with Crippen molar-refractivity contribution in [2.75, 3.05) is 0 Å². The van der Waals surface area contributed by atoms with Crippen LogP contribution in [-0.4, -0.2) is 12.3 Å². The molecule has 0 spiro atoms. The van der Waals surface area contributed by atoms with Gasteiger partial charge in [0.1, 0.15) is 0 Å². The third-order valence-corrected chi connectivity index (χ3v) is 1.09. The Labute approximate surface area is 56.7 Å². The van der Waals surface area contributed by atoms with E-state index in [0.29, 0.717) is 6.04 Å². The molecule has 0 aliphatic heterocycles. The van der Waals surface area contributed by atoms with Crippen LogP contribution in [0.5, 0.6) is 0 Å². The fourth-order valence-corrected chi connectivity index (χ4v) is 0.314. The van der Waals surface area contributed by atoms with E-state index in [1.54, 1.807) is 12.3 Å². The second kappa shape index (κ2) is 5.35. The molecule has 0 fully saturated rings. The highest BCUT2D eigenvalue weighted by atomic mass is 15.3. The zero-order valence-electron chi connectivity index (χ0n) is 6.09. The van der Waals surface area contributed by atoms with Gasteiger partial charge in [0.05, 0.1) is 0 Å². The highest BCUT2D eigenvalue weighted by Crippen LogP contribution is 1.85. The summed E-state index contributed by atoms with van der Waals surface area (Å²) in [5.41, 5.74) is 2.93. The molecular weight excluding hydrogens is 112 g/mol. The van der Waals surface area contributed by atoms with Crippen molar-refractivity contribution in [1.29, 1.82) is 0 Å². The molecular formula is C7H14N2. The lowest BCUT2D eigenvalue weighted by Gasteiger charge is -2.04. The third kappa shape index (κ3) is 5.07. The fourth-order valence-electron chi connectivity index (χ4n) is 0.314. The van der Waals surface area contributed by atoms with Crippen molar-refractivity contribution in [3.8, 4) is 0 Å². The second-order valence-corrected chi connectivity index (χ2v) is 1.95. The summed E-state index contributed by atoms with van der Waals surface area (Å²) in [5, 5.41) is 3.87. The molecule has 52 valence electrons. The van der Waals surface area contributed by atoms with Crippen LogP contribution in [0.25, 0.3) is 0 Å². The van der Waals surface area contributed by atoms with Crippen molar-refractivity contribution in [2.24, 2.45) is 5.10 Å². The summed E-state index contributed by atoms with van der Waals surface area (Å²) in [6.07, 6.45) is 4.38. The van der Waals surface area contributed by atoms with Gasteiger partial charge in [-0.2, -0.15) is 5.10 Å². The van der Waals surface area contributed by atoms with Gasteiger partial charge >= 0.3 is 0 Å². The lowest BCUT2D eigenvalue weighted by Crippen LogP contribution is -2.18. The molecule has 0 bridgehead atoms. The van der Waals surface area contributed by atoms with Gasteiger partial charge in [0.15, 0.2) is 0 Å². The maximum absolute atomic E-state index is 3.87. The second-order valence-electron chi connectivity index (χ2n) is 1.95. The van der Waals surface area contributed by atoms with E-state index in [4.69, 9.17) is 0 Å². The van der Waals surface area contributed by atoms with Crippen molar-refractivity contribution in [3.05, 3.63) is 12.7 Å². The first kappa shape index (κ1) is 8.21. The standard InChI is InChI=1S/C7H14N2/c1-4-6-8-9-7(3)5-2/h4,6-7,9H,1,5H2,2-3H3. The Balaban J connectivity index is 3.25. The van der Waals surface area contributed by atoms with Crippen LogP contribution in [0.2, 0.25) is 0 Å². The van der Waals surface area contributed by atoms with E-state index >= 15 is 0 Å². The quantitative estimate of drug-likeness (QED) is 0.448. The largest absolute Gasteiger partial charge is 0.307 e. The van der Waals surface area contributed by atoms with E-state index in [-0.39, 0.29) is 0 Å². The Morgan fingerprint density at radius 1 is 1.78 bits per heavy atom. The number of rotatable bonds is 4. The van der Waals surface area contributed by atoms with E-state index in [0.717, 1.165) is 6.42 Å². The molecule has 0 saturated carbocycles. The van der Waals surface area contributed by atoms with Gasteiger partial charge in [-0.05, 0) is 19.4 Å². The molecule has 2 nitrogen and oxygen atoms in total. The minimum Gasteiger partial charge on any atom is -0.307 e. The fraction of sp³-hybridized carbons (Fsp3) is 0.571. The van der Waals surface area contributed by atoms with Crippen LogP contribution in [0.15, 0.2) is 17.8 Å². The predicted octanol–water partition coefficient (Wildman–Crippen LogP) is 1.55. The summed E-state index contributed by atoms with van der Waals surface area (Å²) in [6, 6.07) is 0.459. The van der Waals surface area contributed by atoms with Gasteiger partial charge in [0, 0.05) is 12.3 Å². The molecule has 0 rings (SSSR count). The van der Waals surface area contributed by atoms with Gasteiger partial charge in [-0.25, -0.2) is 0 Å². The molecule has 1 atom stereocenters. The molecule has 0 radical (unpaired) electrons. The average Bonchev–Trinajstić information content (AvgIpc) is 1.89. The minimum atomic E-state index is 0.459. The Hall–Kier alpha value is -0.790. The van der Waals surface area contributed by atoms with E-state index in [1.807, 2.05) is 0 Å². The third-order valence-electron chi connectivity index (χ3n) is 1.09. The van der Waals surface area contributed by atoms with Gasteiger partial charge in [-0.15, -0.1) is 0 Å². The predicted molar refractivity (Wildman–Crippen MR) is 41.6 cm³/mol. The molecule has 1 unspecified atom stereocenters. The molecule has 0 saturated heterocycles. The number of nitrogens with zero attached hydrogens (tertiary/aromatic N) is 1. The number of allylic oxidation sites excluding steroid dienone is 1. The Kier molecular flexibility index (Phi) is 4.88. The van der Waals surface area contributed by atoms with Crippen LogP contribution >= 0.6 is 0 Å². The van der Waals surface area contributed by atoms with Crippen LogP contribution < -0.4 is 5.43 Å². The summed E-state index contributed by atoms with van der Waals surface area (Å²) in [7, 11) is 0. The summed E-state index contributed by atoms with van der Waals surface area (Å²) in [5.74, 6) is 0. The van der Waals surface area contributed by atoms with E-state index in [9.17, 15) is 0 Å². The monoisotopic (exact) mass is 126 g/mol. The van der Waals surface area contributed by atoms with Gasteiger partial charge in [-0.3, -0.25) is 0 Å². The van der Waals surface area contributed by atoms with Gasteiger partial charge in [-0.1, -0.05) is 13.5 Å². The lowest BCUT2D eigenvalue weighted by atomic mass is 10.3. The van der Waals surface area contributed by atoms with Crippen molar-refractivity contribution < 1.29 is 0 Å². The molecule has 0 aromatic carbocycles. The van der Waals surface area contributed by atoms with Crippen LogP contribution in [0.4, 0.5) is 0 Å². The zero-order valence-corrected chi connectivity index (χ0v) is 6.09. The molecule has 9 heavy (non-hydrogen) atoms. The molecule has 0 amide bonds. The van der Waals surface area contributed by atoms with Crippen LogP contribution in [0, 0.1) is 0 Å². The number of nitrogens with one attached hydrogen (secondary N) is 1. The van der Waals surface area contributed by atoms with Crippen molar-refractivity contribution in [3.63, 3.8) is 0 Å². The SMILES string of the molecule is C=CC=NNC(C)CC. The maximum Gasteiger partial charge on any atom is 0.0462 e. The first-order chi connectivity index (χ1) is 4.31. The summed E-state index contributed by atoms with van der Waals surface area (Å²) in [6.45, 7) is 7.69. The maximum atomic E-state index is 3.87. The molecule has 0 aromatic rings. The van der Waals surface area contributed by atoms with Crippen molar-refractivity contribution in [2.45, 2.75) is 26.3 Å². The van der Waals surface area contributed by atoms with E-state index in [2.05, 4.69) is 31.0 Å². The first-order valence-electron chi connectivity index (χ1n) is 3.20. The molecule has 0 aromatic heterocycles. The van der Waals surface area contributed by atoms with E-state index in [1.165, 1.54) is 0 Å². The topological polar surface area (TPSA) is 24.4 Å². The van der Waals surface area contributed by atoms with Crippen LogP contribution in [0.1, 0.15) is 20.3 Å². The van der Waals surface area contributed by atoms with Crippen LogP contribution in [0.3, 0.4) is 0 Å². The van der Waals surface area contributed by atoms with Gasteiger partial charge in [0.25, 0.3) is 0 Å². The molecule has 1 N–H and O–H groups in total. The highest BCUT2D eigenvalue weighted by molar-refractivity contribution is 5.69. The Morgan fingerprint density at radius 3 is 2.89 bits per heavy atom. The summed E-state index contributed by atoms with van der Waals surface area (Å²) < 4.78 is 0. The van der Waals surface area contributed by atoms with Crippen molar-refractivity contribution >= 4 is 6.21 Å². The number of hydrazone groups is 1. The summed E-state index contributed by atoms with van der Waals surface area (Å²) in [4.78, 5) is 0. The number of hydrogen-bond donors (Lipinski definition) is 1. The van der Waals surface area contributed by atoms with Gasteiger partial charge in [0.2, 0.25) is 0 Å². The lowest BCUT2D eigenvalue weighted by molar-refractivity contribution is 0.559. The Bertz CT molecular complexity index is 97.1. The average molecular weight is 126 g/mol. The van der Waals surface area contributed by atoms with Crippen molar-refractivity contribution in [1.82, 2.24) is 5.43 Å². The molecule has 0 heterocycles. The molecule has 0 aliphatic carbocycles. The van der Waals surface area contributed by atoms with Gasteiger partial charge < -0.3 is 5.43 Å². The minimum absolute atomic E-state index is 0.459. The zero-order chi connectivity index (χ0) is 7.11. The molecule has 2 heteroatoms.